The van der Waals surface area contributed by atoms with Crippen LogP contribution in [-0.2, 0) is 6.42 Å². The highest BCUT2D eigenvalue weighted by molar-refractivity contribution is 5.89. The maximum absolute atomic E-state index is 13.5. The monoisotopic (exact) mass is 381 g/mol. The van der Waals surface area contributed by atoms with Gasteiger partial charge in [0.05, 0.1) is 5.56 Å². The van der Waals surface area contributed by atoms with Crippen molar-refractivity contribution in [2.24, 2.45) is 0 Å². The minimum Gasteiger partial charge on any atom is -0.483 e. The van der Waals surface area contributed by atoms with Gasteiger partial charge in [-0.15, -0.1) is 0 Å². The Kier molecular flexibility index (Phi) is 6.60. The Morgan fingerprint density at radius 3 is 2.59 bits per heavy atom. The lowest BCUT2D eigenvalue weighted by Crippen LogP contribution is -2.30. The zero-order chi connectivity index (χ0) is 19.9. The molecule has 0 spiro atoms. The Hall–Kier alpha value is -3.28. The number of nitrogens with one attached hydrogen (secondary N) is 2. The number of amides is 2. The van der Waals surface area contributed by atoms with E-state index in [1.807, 2.05) is 0 Å². The summed E-state index contributed by atoms with van der Waals surface area (Å²) in [5, 5.41) is 14.0. The number of anilines is 1. The molecule has 0 heterocycles. The predicted molar refractivity (Wildman–Crippen MR) is 89.8 cm³/mol. The fourth-order valence-electron chi connectivity index (χ4n) is 2.17. The molecule has 27 heavy (non-hydrogen) atoms. The number of alkyl halides is 3. The van der Waals surface area contributed by atoms with Crippen LogP contribution in [0.3, 0.4) is 0 Å². The second kappa shape index (κ2) is 8.89. The maximum atomic E-state index is 13.5. The molecule has 9 heteroatoms. The molecule has 0 atom stereocenters. The first-order chi connectivity index (χ1) is 12.8. The third-order valence-electron chi connectivity index (χ3n) is 3.39. The van der Waals surface area contributed by atoms with E-state index in [9.17, 15) is 22.4 Å². The quantitative estimate of drug-likeness (QED) is 0.743. The van der Waals surface area contributed by atoms with Crippen LogP contribution in [0.25, 0.3) is 0 Å². The van der Waals surface area contributed by atoms with Crippen molar-refractivity contribution in [3.8, 4) is 11.8 Å². The summed E-state index contributed by atoms with van der Waals surface area (Å²) >= 11 is 0. The Bertz CT molecular complexity index is 847. The number of hydrogen-bond donors (Lipinski definition) is 2. The van der Waals surface area contributed by atoms with E-state index >= 15 is 0 Å². The van der Waals surface area contributed by atoms with Crippen LogP contribution in [-0.4, -0.2) is 25.4 Å². The minimum absolute atomic E-state index is 0.150. The van der Waals surface area contributed by atoms with E-state index < -0.39 is 18.8 Å². The van der Waals surface area contributed by atoms with E-state index in [0.717, 1.165) is 0 Å². The molecule has 0 aromatic heterocycles. The van der Waals surface area contributed by atoms with Crippen molar-refractivity contribution in [3.05, 3.63) is 59.4 Å². The van der Waals surface area contributed by atoms with Gasteiger partial charge in [0.1, 0.15) is 17.6 Å². The fraction of sp³-hybridized carbons (Fsp3) is 0.222. The molecule has 2 amide bonds. The molecule has 0 fully saturated rings. The topological polar surface area (TPSA) is 74.2 Å². The SMILES string of the molecule is N#Cc1cc(NC(=O)NCCc2ccccc2F)ccc1OCC(F)(F)F. The summed E-state index contributed by atoms with van der Waals surface area (Å²) in [4.78, 5) is 11.9. The van der Waals surface area contributed by atoms with Crippen molar-refractivity contribution >= 4 is 11.7 Å². The first-order valence-electron chi connectivity index (χ1n) is 7.80. The van der Waals surface area contributed by atoms with Gasteiger partial charge in [-0.05, 0) is 36.2 Å². The third-order valence-corrected chi connectivity index (χ3v) is 3.39. The van der Waals surface area contributed by atoms with Gasteiger partial charge in [0.25, 0.3) is 0 Å². The molecule has 0 radical (unpaired) electrons. The molecule has 0 aliphatic carbocycles. The van der Waals surface area contributed by atoms with Crippen LogP contribution in [0.5, 0.6) is 5.75 Å². The molecule has 2 aromatic carbocycles. The van der Waals surface area contributed by atoms with Crippen LogP contribution in [0.2, 0.25) is 0 Å². The molecule has 2 N–H and O–H groups in total. The van der Waals surface area contributed by atoms with Crippen LogP contribution in [0.15, 0.2) is 42.5 Å². The van der Waals surface area contributed by atoms with Crippen LogP contribution < -0.4 is 15.4 Å². The van der Waals surface area contributed by atoms with Gasteiger partial charge in [0.15, 0.2) is 6.61 Å². The first-order valence-corrected chi connectivity index (χ1v) is 7.80. The van der Waals surface area contributed by atoms with Gasteiger partial charge >= 0.3 is 12.2 Å². The van der Waals surface area contributed by atoms with Gasteiger partial charge in [-0.2, -0.15) is 18.4 Å². The van der Waals surface area contributed by atoms with Crippen LogP contribution >= 0.6 is 0 Å². The number of nitriles is 1. The highest BCUT2D eigenvalue weighted by Crippen LogP contribution is 2.24. The Labute approximate surface area is 152 Å². The highest BCUT2D eigenvalue weighted by atomic mass is 19.4. The Balaban J connectivity index is 1.90. The lowest BCUT2D eigenvalue weighted by atomic mass is 10.1. The van der Waals surface area contributed by atoms with Gasteiger partial charge < -0.3 is 15.4 Å². The molecule has 5 nitrogen and oxygen atoms in total. The second-order valence-corrected chi connectivity index (χ2v) is 5.45. The van der Waals surface area contributed by atoms with Gasteiger partial charge in [-0.25, -0.2) is 9.18 Å². The summed E-state index contributed by atoms with van der Waals surface area (Å²) in [6.45, 7) is -1.35. The molecule has 0 aliphatic heterocycles. The summed E-state index contributed by atoms with van der Waals surface area (Å²) in [6.07, 6.45) is -4.24. The largest absolute Gasteiger partial charge is 0.483 e. The molecule has 0 saturated carbocycles. The molecule has 0 bridgehead atoms. The van der Waals surface area contributed by atoms with Crippen molar-refractivity contribution in [2.45, 2.75) is 12.6 Å². The van der Waals surface area contributed by atoms with E-state index in [4.69, 9.17) is 5.26 Å². The number of nitrogens with zero attached hydrogens (tertiary/aromatic N) is 1. The maximum Gasteiger partial charge on any atom is 0.422 e. The van der Waals surface area contributed by atoms with Crippen LogP contribution in [0, 0.1) is 17.1 Å². The molecular formula is C18H15F4N3O2. The average molecular weight is 381 g/mol. The predicted octanol–water partition coefficient (Wildman–Crippen LogP) is 4.00. The average Bonchev–Trinajstić information content (AvgIpc) is 2.61. The van der Waals surface area contributed by atoms with Crippen molar-refractivity contribution in [1.82, 2.24) is 5.32 Å². The number of benzene rings is 2. The van der Waals surface area contributed by atoms with Gasteiger partial charge in [0.2, 0.25) is 0 Å². The normalized spacial score (nSPS) is 10.8. The van der Waals surface area contributed by atoms with Crippen LogP contribution in [0.4, 0.5) is 28.0 Å². The first kappa shape index (κ1) is 20.0. The number of rotatable bonds is 6. The molecule has 2 rings (SSSR count). The van der Waals surface area contributed by atoms with Gasteiger partial charge in [-0.3, -0.25) is 0 Å². The van der Waals surface area contributed by atoms with E-state index in [1.165, 1.54) is 24.3 Å². The Morgan fingerprint density at radius 1 is 1.19 bits per heavy atom. The molecule has 0 unspecified atom stereocenters. The summed E-state index contributed by atoms with van der Waals surface area (Å²) in [5.41, 5.74) is 0.508. The van der Waals surface area contributed by atoms with E-state index in [1.54, 1.807) is 24.3 Å². The number of halogens is 4. The zero-order valence-corrected chi connectivity index (χ0v) is 13.9. The van der Waals surface area contributed by atoms with Crippen molar-refractivity contribution in [3.63, 3.8) is 0 Å². The van der Waals surface area contributed by atoms with Crippen molar-refractivity contribution in [2.75, 3.05) is 18.5 Å². The van der Waals surface area contributed by atoms with Crippen molar-refractivity contribution in [1.29, 1.82) is 5.26 Å². The number of carbonyl (C=O) groups excluding carboxylic acids is 1. The molecular weight excluding hydrogens is 366 g/mol. The molecule has 2 aromatic rings. The number of ether oxygens (including phenoxy) is 1. The molecule has 0 aliphatic rings. The van der Waals surface area contributed by atoms with Gasteiger partial charge in [0, 0.05) is 12.2 Å². The minimum atomic E-state index is -4.53. The van der Waals surface area contributed by atoms with E-state index in [-0.39, 0.29) is 35.8 Å². The Morgan fingerprint density at radius 2 is 1.93 bits per heavy atom. The summed E-state index contributed by atoms with van der Waals surface area (Å²) < 4.78 is 54.6. The second-order valence-electron chi connectivity index (χ2n) is 5.45. The summed E-state index contributed by atoms with van der Waals surface area (Å²) in [6, 6.07) is 11.0. The smallest absolute Gasteiger partial charge is 0.422 e. The number of hydrogen-bond acceptors (Lipinski definition) is 3. The summed E-state index contributed by atoms with van der Waals surface area (Å²) in [7, 11) is 0. The zero-order valence-electron chi connectivity index (χ0n) is 13.9. The third kappa shape index (κ3) is 6.51. The standard InChI is InChI=1S/C18H15F4N3O2/c19-15-4-2-1-3-12(15)7-8-24-17(26)25-14-5-6-16(13(9-14)10-23)27-11-18(20,21)22/h1-6,9H,7-8,11H2,(H2,24,25,26). The van der Waals surface area contributed by atoms with Crippen LogP contribution in [0.1, 0.15) is 11.1 Å². The lowest BCUT2D eigenvalue weighted by molar-refractivity contribution is -0.153. The highest BCUT2D eigenvalue weighted by Gasteiger charge is 2.28. The van der Waals surface area contributed by atoms with Crippen molar-refractivity contribution < 1.29 is 27.1 Å². The molecule has 0 saturated heterocycles. The van der Waals surface area contributed by atoms with Gasteiger partial charge in [-0.1, -0.05) is 18.2 Å². The number of urea groups is 1. The molecule has 142 valence electrons. The summed E-state index contributed by atoms with van der Waals surface area (Å²) in [5.74, 6) is -0.604. The number of carbonyl (C=O) groups is 1. The van der Waals surface area contributed by atoms with E-state index in [0.29, 0.717) is 5.56 Å². The fourth-order valence-corrected chi connectivity index (χ4v) is 2.17. The van der Waals surface area contributed by atoms with E-state index in [2.05, 4.69) is 15.4 Å². The lowest BCUT2D eigenvalue weighted by Gasteiger charge is -2.12.